The van der Waals surface area contributed by atoms with Gasteiger partial charge >= 0.3 is 5.97 Å². The molecule has 4 nitrogen and oxygen atoms in total. The standard InChI is InChI=1S/C16H22FNO3/c1-10(2)16(4,15(20)21)9-14(19)18-11(3)12-6-5-7-13(17)8-12/h5-8,10-11H,9H2,1-4H3,(H,18,19)(H,20,21)/t11-,16?/m1/s1. The van der Waals surface area contributed by atoms with Gasteiger partial charge in [0.1, 0.15) is 5.82 Å². The van der Waals surface area contributed by atoms with Crippen molar-refractivity contribution in [1.82, 2.24) is 5.32 Å². The van der Waals surface area contributed by atoms with Gasteiger partial charge < -0.3 is 10.4 Å². The second-order valence-electron chi connectivity index (χ2n) is 5.90. The van der Waals surface area contributed by atoms with E-state index in [2.05, 4.69) is 5.32 Å². The van der Waals surface area contributed by atoms with Crippen LogP contribution in [-0.2, 0) is 9.59 Å². The molecule has 2 atom stereocenters. The van der Waals surface area contributed by atoms with Crippen LogP contribution < -0.4 is 5.32 Å². The van der Waals surface area contributed by atoms with Crippen LogP contribution in [0.5, 0.6) is 0 Å². The zero-order chi connectivity index (χ0) is 16.2. The van der Waals surface area contributed by atoms with Crippen molar-refractivity contribution in [2.45, 2.75) is 40.2 Å². The number of carboxylic acid groups (broad SMARTS) is 1. The molecule has 5 heteroatoms. The number of amides is 1. The lowest BCUT2D eigenvalue weighted by atomic mass is 9.76. The molecule has 0 saturated carbocycles. The quantitative estimate of drug-likeness (QED) is 0.847. The Morgan fingerprint density at radius 3 is 2.43 bits per heavy atom. The van der Waals surface area contributed by atoms with E-state index in [1.165, 1.54) is 12.1 Å². The second-order valence-corrected chi connectivity index (χ2v) is 5.90. The third kappa shape index (κ3) is 4.28. The van der Waals surface area contributed by atoms with E-state index in [1.807, 2.05) is 0 Å². The first-order valence-electron chi connectivity index (χ1n) is 6.95. The largest absolute Gasteiger partial charge is 0.481 e. The Kier molecular flexibility index (Phi) is 5.47. The van der Waals surface area contributed by atoms with Crippen LogP contribution in [0.1, 0.15) is 45.7 Å². The highest BCUT2D eigenvalue weighted by Crippen LogP contribution is 2.31. The Bertz CT molecular complexity index is 530. The van der Waals surface area contributed by atoms with Gasteiger partial charge in [0.05, 0.1) is 11.5 Å². The van der Waals surface area contributed by atoms with Gasteiger partial charge in [0, 0.05) is 6.42 Å². The molecular weight excluding hydrogens is 273 g/mol. The summed E-state index contributed by atoms with van der Waals surface area (Å²) in [7, 11) is 0. The summed E-state index contributed by atoms with van der Waals surface area (Å²) in [5.41, 5.74) is -0.476. The Morgan fingerprint density at radius 2 is 1.95 bits per heavy atom. The third-order valence-corrected chi connectivity index (χ3v) is 4.02. The van der Waals surface area contributed by atoms with Gasteiger partial charge in [-0.3, -0.25) is 9.59 Å². The zero-order valence-corrected chi connectivity index (χ0v) is 12.8. The predicted molar refractivity (Wildman–Crippen MR) is 78.2 cm³/mol. The van der Waals surface area contributed by atoms with Crippen LogP contribution in [0, 0.1) is 17.2 Å². The second kappa shape index (κ2) is 6.70. The molecule has 0 spiro atoms. The van der Waals surface area contributed by atoms with E-state index in [0.29, 0.717) is 5.56 Å². The molecule has 1 aromatic rings. The SMILES string of the molecule is CC(C)C(C)(CC(=O)N[C@H](C)c1cccc(F)c1)C(=O)O. The summed E-state index contributed by atoms with van der Waals surface area (Å²) in [6.07, 6.45) is -0.111. The van der Waals surface area contributed by atoms with Crippen molar-refractivity contribution in [3.63, 3.8) is 0 Å². The fourth-order valence-electron chi connectivity index (χ4n) is 2.01. The maximum absolute atomic E-state index is 13.2. The molecule has 0 heterocycles. The normalized spacial score (nSPS) is 15.3. The minimum atomic E-state index is -1.12. The number of nitrogens with one attached hydrogen (secondary N) is 1. The van der Waals surface area contributed by atoms with Gasteiger partial charge in [-0.05, 0) is 37.5 Å². The number of carboxylic acids is 1. The highest BCUT2D eigenvalue weighted by Gasteiger charge is 2.38. The van der Waals surface area contributed by atoms with Gasteiger partial charge in [0.25, 0.3) is 0 Å². The lowest BCUT2D eigenvalue weighted by Gasteiger charge is -2.29. The van der Waals surface area contributed by atoms with Crippen molar-refractivity contribution < 1.29 is 19.1 Å². The smallest absolute Gasteiger partial charge is 0.310 e. The molecule has 21 heavy (non-hydrogen) atoms. The van der Waals surface area contributed by atoms with Crippen LogP contribution in [0.2, 0.25) is 0 Å². The monoisotopic (exact) mass is 295 g/mol. The highest BCUT2D eigenvalue weighted by molar-refractivity contribution is 5.85. The molecule has 0 radical (unpaired) electrons. The first kappa shape index (κ1) is 17.1. The highest BCUT2D eigenvalue weighted by atomic mass is 19.1. The van der Waals surface area contributed by atoms with E-state index in [1.54, 1.807) is 39.8 Å². The molecule has 0 aromatic heterocycles. The minimum Gasteiger partial charge on any atom is -0.481 e. The Morgan fingerprint density at radius 1 is 1.33 bits per heavy atom. The number of rotatable bonds is 6. The fraction of sp³-hybridized carbons (Fsp3) is 0.500. The average molecular weight is 295 g/mol. The molecule has 0 aliphatic rings. The molecule has 1 unspecified atom stereocenters. The van der Waals surface area contributed by atoms with Crippen molar-refractivity contribution in [2.24, 2.45) is 11.3 Å². The lowest BCUT2D eigenvalue weighted by Crippen LogP contribution is -2.39. The summed E-state index contributed by atoms with van der Waals surface area (Å²) in [6.45, 7) is 6.85. The summed E-state index contributed by atoms with van der Waals surface area (Å²) >= 11 is 0. The van der Waals surface area contributed by atoms with Crippen LogP contribution >= 0.6 is 0 Å². The fourth-order valence-corrected chi connectivity index (χ4v) is 2.01. The van der Waals surface area contributed by atoms with Gasteiger partial charge in [-0.1, -0.05) is 26.0 Å². The summed E-state index contributed by atoms with van der Waals surface area (Å²) in [6, 6.07) is 5.59. The van der Waals surface area contributed by atoms with E-state index in [-0.39, 0.29) is 30.1 Å². The van der Waals surface area contributed by atoms with Crippen molar-refractivity contribution in [3.05, 3.63) is 35.6 Å². The molecular formula is C16H22FNO3. The van der Waals surface area contributed by atoms with Crippen LogP contribution in [0.15, 0.2) is 24.3 Å². The molecule has 2 N–H and O–H groups in total. The van der Waals surface area contributed by atoms with Crippen molar-refractivity contribution >= 4 is 11.9 Å². The number of hydrogen-bond acceptors (Lipinski definition) is 2. The number of carbonyl (C=O) groups is 2. The Hall–Kier alpha value is -1.91. The average Bonchev–Trinajstić information content (AvgIpc) is 2.37. The number of halogens is 1. The number of benzene rings is 1. The molecule has 0 aliphatic carbocycles. The molecule has 1 amide bonds. The number of carbonyl (C=O) groups excluding carboxylic acids is 1. The van der Waals surface area contributed by atoms with E-state index < -0.39 is 11.4 Å². The van der Waals surface area contributed by atoms with E-state index in [9.17, 15) is 19.1 Å². The Balaban J connectivity index is 2.75. The molecule has 1 aromatic carbocycles. The molecule has 116 valence electrons. The molecule has 0 aliphatic heterocycles. The van der Waals surface area contributed by atoms with Crippen molar-refractivity contribution in [2.75, 3.05) is 0 Å². The minimum absolute atomic E-state index is 0.111. The first-order chi connectivity index (χ1) is 9.66. The molecule has 1 rings (SSSR count). The maximum atomic E-state index is 13.2. The van der Waals surface area contributed by atoms with Gasteiger partial charge in [0.2, 0.25) is 5.91 Å². The maximum Gasteiger partial charge on any atom is 0.310 e. The Labute approximate surface area is 124 Å². The van der Waals surface area contributed by atoms with Crippen LogP contribution in [0.25, 0.3) is 0 Å². The number of aliphatic carboxylic acids is 1. The van der Waals surface area contributed by atoms with E-state index in [0.717, 1.165) is 0 Å². The molecule has 0 fully saturated rings. The molecule has 0 saturated heterocycles. The topological polar surface area (TPSA) is 66.4 Å². The van der Waals surface area contributed by atoms with Crippen molar-refractivity contribution in [3.8, 4) is 0 Å². The van der Waals surface area contributed by atoms with Gasteiger partial charge in [0.15, 0.2) is 0 Å². The van der Waals surface area contributed by atoms with Crippen LogP contribution in [0.4, 0.5) is 4.39 Å². The van der Waals surface area contributed by atoms with Gasteiger partial charge in [-0.2, -0.15) is 0 Å². The zero-order valence-electron chi connectivity index (χ0n) is 12.8. The summed E-state index contributed by atoms with van der Waals surface area (Å²) in [5.74, 6) is -1.90. The first-order valence-corrected chi connectivity index (χ1v) is 6.95. The number of hydrogen-bond donors (Lipinski definition) is 2. The predicted octanol–water partition coefficient (Wildman–Crippen LogP) is 3.14. The van der Waals surface area contributed by atoms with Gasteiger partial charge in [-0.15, -0.1) is 0 Å². The van der Waals surface area contributed by atoms with E-state index in [4.69, 9.17) is 0 Å². The van der Waals surface area contributed by atoms with Crippen molar-refractivity contribution in [1.29, 1.82) is 0 Å². The third-order valence-electron chi connectivity index (χ3n) is 4.02. The summed E-state index contributed by atoms with van der Waals surface area (Å²) in [5, 5.41) is 12.0. The van der Waals surface area contributed by atoms with Crippen LogP contribution in [0.3, 0.4) is 0 Å². The summed E-state index contributed by atoms with van der Waals surface area (Å²) < 4.78 is 13.2. The lowest BCUT2D eigenvalue weighted by molar-refractivity contribution is -0.153. The molecule has 0 bridgehead atoms. The summed E-state index contributed by atoms with van der Waals surface area (Å²) in [4.78, 5) is 23.4. The van der Waals surface area contributed by atoms with Gasteiger partial charge in [-0.25, -0.2) is 4.39 Å². The van der Waals surface area contributed by atoms with E-state index >= 15 is 0 Å². The van der Waals surface area contributed by atoms with Crippen LogP contribution in [-0.4, -0.2) is 17.0 Å².